The summed E-state index contributed by atoms with van der Waals surface area (Å²) in [7, 11) is 1.71. The molecule has 17 heavy (non-hydrogen) atoms. The van der Waals surface area contributed by atoms with E-state index in [4.69, 9.17) is 9.47 Å². The molecule has 0 bridgehead atoms. The molecule has 2 nitrogen and oxygen atoms in total. The summed E-state index contributed by atoms with van der Waals surface area (Å²) in [6.45, 7) is 3.23. The average Bonchev–Trinajstić information content (AvgIpc) is 2.92. The Kier molecular flexibility index (Phi) is 1.61. The molecule has 1 aromatic carbocycles. The summed E-state index contributed by atoms with van der Waals surface area (Å²) in [5, 5.41) is 0. The maximum absolute atomic E-state index is 5.90. The predicted octanol–water partition coefficient (Wildman–Crippen LogP) is 3.13. The summed E-state index contributed by atoms with van der Waals surface area (Å²) >= 11 is 0. The van der Waals surface area contributed by atoms with E-state index in [1.54, 1.807) is 7.11 Å². The van der Waals surface area contributed by atoms with Crippen LogP contribution in [-0.2, 0) is 0 Å². The number of allylic oxidation sites excluding steroid dienone is 1. The highest BCUT2D eigenvalue weighted by molar-refractivity contribution is 5.78. The van der Waals surface area contributed by atoms with Crippen molar-refractivity contribution < 1.29 is 9.47 Å². The molecular weight excluding hydrogens is 212 g/mol. The van der Waals surface area contributed by atoms with Crippen molar-refractivity contribution in [2.24, 2.45) is 17.3 Å². The Balaban J connectivity index is 1.84. The summed E-state index contributed by atoms with van der Waals surface area (Å²) in [6, 6.07) is 6.11. The minimum Gasteiger partial charge on any atom is -0.497 e. The van der Waals surface area contributed by atoms with E-state index in [2.05, 4.69) is 19.1 Å². The van der Waals surface area contributed by atoms with Gasteiger partial charge >= 0.3 is 0 Å². The lowest BCUT2D eigenvalue weighted by atomic mass is 9.83. The lowest BCUT2D eigenvalue weighted by molar-refractivity contribution is 0.220. The molecule has 0 spiro atoms. The Morgan fingerprint density at radius 2 is 2.29 bits per heavy atom. The minimum absolute atomic E-state index is 0.482. The molecule has 3 aliphatic rings. The highest BCUT2D eigenvalue weighted by Gasteiger charge is 2.60. The second kappa shape index (κ2) is 2.87. The molecule has 1 fully saturated rings. The predicted molar refractivity (Wildman–Crippen MR) is 66.2 cm³/mol. The molecule has 0 unspecified atom stereocenters. The van der Waals surface area contributed by atoms with Gasteiger partial charge in [-0.05, 0) is 41.5 Å². The Morgan fingerprint density at radius 3 is 3.12 bits per heavy atom. The van der Waals surface area contributed by atoms with Crippen molar-refractivity contribution >= 4 is 5.57 Å². The van der Waals surface area contributed by atoms with Crippen LogP contribution in [0.3, 0.4) is 0 Å². The molecule has 2 heteroatoms. The number of benzene rings is 1. The molecular formula is C15H16O2. The highest BCUT2D eigenvalue weighted by atomic mass is 16.5. The van der Waals surface area contributed by atoms with Gasteiger partial charge in [-0.25, -0.2) is 0 Å². The second-order valence-corrected chi connectivity index (χ2v) is 5.66. The molecule has 1 saturated carbocycles. The van der Waals surface area contributed by atoms with Gasteiger partial charge in [0.25, 0.3) is 0 Å². The van der Waals surface area contributed by atoms with Gasteiger partial charge in [-0.1, -0.05) is 13.0 Å². The molecule has 0 aromatic heterocycles. The SMILES string of the molecule is COc1ccc2c(c1)C1=C[C@H]3C[C@@]3(C)[C@H]1CO2. The first-order chi connectivity index (χ1) is 8.22. The first-order valence-corrected chi connectivity index (χ1v) is 6.25. The van der Waals surface area contributed by atoms with Crippen molar-refractivity contribution in [2.75, 3.05) is 13.7 Å². The van der Waals surface area contributed by atoms with E-state index in [0.29, 0.717) is 11.3 Å². The maximum atomic E-state index is 5.90. The van der Waals surface area contributed by atoms with Gasteiger partial charge in [-0.15, -0.1) is 0 Å². The van der Waals surface area contributed by atoms with Crippen molar-refractivity contribution in [3.05, 3.63) is 29.8 Å². The summed E-state index contributed by atoms with van der Waals surface area (Å²) < 4.78 is 11.2. The molecule has 2 aliphatic carbocycles. The third kappa shape index (κ3) is 1.11. The number of hydrogen-bond donors (Lipinski definition) is 0. The summed E-state index contributed by atoms with van der Waals surface area (Å²) in [5.74, 6) is 3.30. The van der Waals surface area contributed by atoms with E-state index in [-0.39, 0.29) is 0 Å². The minimum atomic E-state index is 0.482. The van der Waals surface area contributed by atoms with Gasteiger partial charge in [0.15, 0.2) is 0 Å². The Labute approximate surface area is 101 Å². The molecule has 1 aromatic rings. The lowest BCUT2D eigenvalue weighted by Gasteiger charge is -2.30. The molecule has 0 radical (unpaired) electrons. The zero-order chi connectivity index (χ0) is 11.6. The number of rotatable bonds is 1. The molecule has 0 N–H and O–H groups in total. The van der Waals surface area contributed by atoms with Gasteiger partial charge in [0.1, 0.15) is 11.5 Å². The van der Waals surface area contributed by atoms with Gasteiger partial charge < -0.3 is 9.47 Å². The zero-order valence-electron chi connectivity index (χ0n) is 10.2. The van der Waals surface area contributed by atoms with Gasteiger partial charge in [-0.3, -0.25) is 0 Å². The molecule has 0 amide bonds. The van der Waals surface area contributed by atoms with Crippen molar-refractivity contribution in [1.29, 1.82) is 0 Å². The van der Waals surface area contributed by atoms with E-state index >= 15 is 0 Å². The van der Waals surface area contributed by atoms with E-state index in [1.807, 2.05) is 12.1 Å². The smallest absolute Gasteiger partial charge is 0.127 e. The molecule has 88 valence electrons. The van der Waals surface area contributed by atoms with Crippen LogP contribution in [0, 0.1) is 17.3 Å². The van der Waals surface area contributed by atoms with Crippen LogP contribution in [-0.4, -0.2) is 13.7 Å². The third-order valence-corrected chi connectivity index (χ3v) is 4.80. The van der Waals surface area contributed by atoms with Crippen LogP contribution in [0.2, 0.25) is 0 Å². The Hall–Kier alpha value is -1.44. The average molecular weight is 228 g/mol. The number of ether oxygens (including phenoxy) is 2. The topological polar surface area (TPSA) is 18.5 Å². The fourth-order valence-electron chi connectivity index (χ4n) is 3.47. The number of fused-ring (bicyclic) bond motifs is 5. The van der Waals surface area contributed by atoms with Gasteiger partial charge in [0.2, 0.25) is 0 Å². The largest absolute Gasteiger partial charge is 0.497 e. The number of hydrogen-bond acceptors (Lipinski definition) is 2. The zero-order valence-corrected chi connectivity index (χ0v) is 10.2. The van der Waals surface area contributed by atoms with Gasteiger partial charge in [0, 0.05) is 11.5 Å². The lowest BCUT2D eigenvalue weighted by Crippen LogP contribution is -2.24. The second-order valence-electron chi connectivity index (χ2n) is 5.66. The van der Waals surface area contributed by atoms with E-state index in [0.717, 1.165) is 24.0 Å². The molecule has 4 rings (SSSR count). The Morgan fingerprint density at radius 1 is 1.41 bits per heavy atom. The fraction of sp³-hybridized carbons (Fsp3) is 0.467. The van der Waals surface area contributed by atoms with Crippen LogP contribution in [0.4, 0.5) is 0 Å². The monoisotopic (exact) mass is 228 g/mol. The fourth-order valence-corrected chi connectivity index (χ4v) is 3.47. The van der Waals surface area contributed by atoms with E-state index in [1.165, 1.54) is 17.6 Å². The maximum Gasteiger partial charge on any atom is 0.127 e. The quantitative estimate of drug-likeness (QED) is 0.735. The summed E-state index contributed by atoms with van der Waals surface area (Å²) in [4.78, 5) is 0. The molecule has 1 aliphatic heterocycles. The van der Waals surface area contributed by atoms with Crippen LogP contribution in [0.1, 0.15) is 18.9 Å². The van der Waals surface area contributed by atoms with Crippen LogP contribution in [0.25, 0.3) is 5.57 Å². The molecule has 3 atom stereocenters. The van der Waals surface area contributed by atoms with Crippen LogP contribution in [0.5, 0.6) is 11.5 Å². The third-order valence-electron chi connectivity index (χ3n) is 4.80. The standard InChI is InChI=1S/C15H16O2/c1-15-7-9(15)5-11-12-6-10(16-2)3-4-14(12)17-8-13(11)15/h3-6,9,13H,7-8H2,1-2H3/t9-,13-,15+/m0/s1. The highest BCUT2D eigenvalue weighted by Crippen LogP contribution is 2.68. The van der Waals surface area contributed by atoms with Crippen molar-refractivity contribution in [2.45, 2.75) is 13.3 Å². The van der Waals surface area contributed by atoms with Crippen molar-refractivity contribution in [1.82, 2.24) is 0 Å². The molecule has 0 saturated heterocycles. The van der Waals surface area contributed by atoms with E-state index in [9.17, 15) is 0 Å². The summed E-state index contributed by atoms with van der Waals surface area (Å²) in [5.41, 5.74) is 3.22. The summed E-state index contributed by atoms with van der Waals surface area (Å²) in [6.07, 6.45) is 3.80. The Bertz CT molecular complexity index is 532. The number of methoxy groups -OCH3 is 1. The van der Waals surface area contributed by atoms with Gasteiger partial charge in [0.05, 0.1) is 13.7 Å². The normalized spacial score (nSPS) is 36.2. The van der Waals surface area contributed by atoms with E-state index < -0.39 is 0 Å². The molecule has 1 heterocycles. The van der Waals surface area contributed by atoms with Crippen LogP contribution in [0.15, 0.2) is 24.3 Å². The van der Waals surface area contributed by atoms with Crippen LogP contribution >= 0.6 is 0 Å². The van der Waals surface area contributed by atoms with Crippen molar-refractivity contribution in [3.8, 4) is 11.5 Å². The van der Waals surface area contributed by atoms with Gasteiger partial charge in [-0.2, -0.15) is 0 Å². The first kappa shape index (κ1) is 9.58. The van der Waals surface area contributed by atoms with Crippen LogP contribution < -0.4 is 9.47 Å². The van der Waals surface area contributed by atoms with Crippen molar-refractivity contribution in [3.63, 3.8) is 0 Å². The first-order valence-electron chi connectivity index (χ1n) is 6.25.